The van der Waals surface area contributed by atoms with E-state index in [9.17, 15) is 4.79 Å². The summed E-state index contributed by atoms with van der Waals surface area (Å²) in [6.07, 6.45) is 5.52. The average Bonchev–Trinajstić information content (AvgIpc) is 2.68. The standard InChI is InChI=1S/C20H20N4O2/c1-24(17-8-12-21-13-9-17)14-10-19(25)23-16-5-4-6-18(15-16)26-20-7-2-3-11-22-20/h2-9,11-13,15H,10,14H2,1H3,(H,23,25). The van der Waals surface area contributed by atoms with Crippen LogP contribution in [0.3, 0.4) is 0 Å². The second kappa shape index (κ2) is 8.62. The van der Waals surface area contributed by atoms with Gasteiger partial charge in [0.05, 0.1) is 0 Å². The van der Waals surface area contributed by atoms with Crippen LogP contribution in [0.2, 0.25) is 0 Å². The summed E-state index contributed by atoms with van der Waals surface area (Å²) in [6.45, 7) is 0.611. The summed E-state index contributed by atoms with van der Waals surface area (Å²) in [6, 6.07) is 16.5. The molecule has 132 valence electrons. The number of ether oxygens (including phenoxy) is 1. The Morgan fingerprint density at radius 3 is 2.69 bits per heavy atom. The van der Waals surface area contributed by atoms with Crippen LogP contribution in [0.5, 0.6) is 11.6 Å². The Bertz CT molecular complexity index is 841. The highest BCUT2D eigenvalue weighted by Crippen LogP contribution is 2.22. The highest BCUT2D eigenvalue weighted by molar-refractivity contribution is 5.91. The third-order valence-electron chi connectivity index (χ3n) is 3.76. The quantitative estimate of drug-likeness (QED) is 0.704. The Morgan fingerprint density at radius 2 is 1.92 bits per heavy atom. The molecule has 2 heterocycles. The molecule has 2 aromatic heterocycles. The van der Waals surface area contributed by atoms with Crippen molar-refractivity contribution in [2.45, 2.75) is 6.42 Å². The van der Waals surface area contributed by atoms with E-state index in [0.29, 0.717) is 30.3 Å². The van der Waals surface area contributed by atoms with E-state index in [1.165, 1.54) is 0 Å². The summed E-state index contributed by atoms with van der Waals surface area (Å²) in [5.74, 6) is 1.08. The number of carbonyl (C=O) groups is 1. The summed E-state index contributed by atoms with van der Waals surface area (Å²) in [5.41, 5.74) is 1.72. The zero-order valence-corrected chi connectivity index (χ0v) is 14.5. The zero-order chi connectivity index (χ0) is 18.2. The lowest BCUT2D eigenvalue weighted by Crippen LogP contribution is -2.23. The Hall–Kier alpha value is -3.41. The highest BCUT2D eigenvalue weighted by Gasteiger charge is 2.07. The minimum atomic E-state index is -0.0547. The van der Waals surface area contributed by atoms with Gasteiger partial charge >= 0.3 is 0 Å². The Balaban J connectivity index is 1.53. The van der Waals surface area contributed by atoms with Crippen LogP contribution < -0.4 is 15.0 Å². The van der Waals surface area contributed by atoms with E-state index in [1.54, 1.807) is 30.7 Å². The maximum absolute atomic E-state index is 12.2. The SMILES string of the molecule is CN(CCC(=O)Nc1cccc(Oc2ccccn2)c1)c1ccncc1. The number of hydrogen-bond acceptors (Lipinski definition) is 5. The summed E-state index contributed by atoms with van der Waals surface area (Å²) in [4.78, 5) is 22.3. The molecule has 0 saturated heterocycles. The topological polar surface area (TPSA) is 67.4 Å². The number of nitrogens with one attached hydrogen (secondary N) is 1. The fraction of sp³-hybridized carbons (Fsp3) is 0.150. The third kappa shape index (κ3) is 5.04. The lowest BCUT2D eigenvalue weighted by molar-refractivity contribution is -0.116. The van der Waals surface area contributed by atoms with Crippen molar-refractivity contribution in [1.82, 2.24) is 9.97 Å². The summed E-state index contributed by atoms with van der Waals surface area (Å²) >= 11 is 0. The Labute approximate surface area is 152 Å². The maximum atomic E-state index is 12.2. The summed E-state index contributed by atoms with van der Waals surface area (Å²) < 4.78 is 5.68. The predicted octanol–water partition coefficient (Wildman–Crippen LogP) is 3.73. The van der Waals surface area contributed by atoms with Gasteiger partial charge in [-0.1, -0.05) is 12.1 Å². The van der Waals surface area contributed by atoms with E-state index in [1.807, 2.05) is 54.4 Å². The van der Waals surface area contributed by atoms with Crippen LogP contribution >= 0.6 is 0 Å². The van der Waals surface area contributed by atoms with Gasteiger partial charge in [-0.2, -0.15) is 0 Å². The number of benzene rings is 1. The van der Waals surface area contributed by atoms with Gasteiger partial charge in [0.25, 0.3) is 0 Å². The molecule has 1 N–H and O–H groups in total. The molecule has 0 atom stereocenters. The van der Waals surface area contributed by atoms with E-state index in [0.717, 1.165) is 5.69 Å². The van der Waals surface area contributed by atoms with Gasteiger partial charge < -0.3 is 15.0 Å². The largest absolute Gasteiger partial charge is 0.439 e. The van der Waals surface area contributed by atoms with E-state index in [2.05, 4.69) is 15.3 Å². The van der Waals surface area contributed by atoms with Gasteiger partial charge in [0.1, 0.15) is 5.75 Å². The molecule has 6 nitrogen and oxygen atoms in total. The summed E-state index contributed by atoms with van der Waals surface area (Å²) in [5, 5.41) is 2.90. The first-order valence-electron chi connectivity index (χ1n) is 8.31. The zero-order valence-electron chi connectivity index (χ0n) is 14.5. The molecule has 0 radical (unpaired) electrons. The molecule has 1 amide bonds. The molecule has 26 heavy (non-hydrogen) atoms. The van der Waals surface area contributed by atoms with E-state index in [-0.39, 0.29) is 5.91 Å². The number of hydrogen-bond donors (Lipinski definition) is 1. The van der Waals surface area contributed by atoms with Gasteiger partial charge in [-0.25, -0.2) is 4.98 Å². The van der Waals surface area contributed by atoms with Crippen LogP contribution in [-0.2, 0) is 4.79 Å². The van der Waals surface area contributed by atoms with E-state index in [4.69, 9.17) is 4.74 Å². The number of carbonyl (C=O) groups excluding carboxylic acids is 1. The minimum Gasteiger partial charge on any atom is -0.439 e. The van der Waals surface area contributed by atoms with Crippen molar-refractivity contribution >= 4 is 17.3 Å². The van der Waals surface area contributed by atoms with Gasteiger partial charge in [0, 0.05) is 62.1 Å². The number of anilines is 2. The lowest BCUT2D eigenvalue weighted by Gasteiger charge is -2.18. The molecule has 3 aromatic rings. The molecule has 0 aliphatic heterocycles. The molecule has 1 aromatic carbocycles. The van der Waals surface area contributed by atoms with Crippen molar-refractivity contribution in [3.63, 3.8) is 0 Å². The molecule has 0 saturated carbocycles. The molecule has 6 heteroatoms. The van der Waals surface area contributed by atoms with Crippen molar-refractivity contribution < 1.29 is 9.53 Å². The van der Waals surface area contributed by atoms with Crippen molar-refractivity contribution in [2.75, 3.05) is 23.8 Å². The van der Waals surface area contributed by atoms with Crippen LogP contribution in [0.4, 0.5) is 11.4 Å². The molecule has 0 unspecified atom stereocenters. The van der Waals surface area contributed by atoms with Crippen LogP contribution in [-0.4, -0.2) is 29.5 Å². The summed E-state index contributed by atoms with van der Waals surface area (Å²) in [7, 11) is 1.95. The van der Waals surface area contributed by atoms with Gasteiger partial charge in [0.2, 0.25) is 11.8 Å². The van der Waals surface area contributed by atoms with E-state index < -0.39 is 0 Å². The smallest absolute Gasteiger partial charge is 0.226 e. The monoisotopic (exact) mass is 348 g/mol. The molecular weight excluding hydrogens is 328 g/mol. The molecule has 0 aliphatic carbocycles. The predicted molar refractivity (Wildman–Crippen MR) is 102 cm³/mol. The van der Waals surface area contributed by atoms with Gasteiger partial charge in [0.15, 0.2) is 0 Å². The highest BCUT2D eigenvalue weighted by atomic mass is 16.5. The molecule has 0 bridgehead atoms. The first kappa shape index (κ1) is 17.4. The lowest BCUT2D eigenvalue weighted by atomic mass is 10.2. The molecule has 0 spiro atoms. The first-order chi connectivity index (χ1) is 12.7. The van der Waals surface area contributed by atoms with Gasteiger partial charge in [-0.05, 0) is 30.3 Å². The van der Waals surface area contributed by atoms with Crippen molar-refractivity contribution in [3.8, 4) is 11.6 Å². The molecule has 0 aliphatic rings. The molecule has 0 fully saturated rings. The van der Waals surface area contributed by atoms with Crippen molar-refractivity contribution in [3.05, 3.63) is 73.2 Å². The maximum Gasteiger partial charge on any atom is 0.226 e. The van der Waals surface area contributed by atoms with Gasteiger partial charge in [-0.3, -0.25) is 9.78 Å². The third-order valence-corrected chi connectivity index (χ3v) is 3.76. The fourth-order valence-corrected chi connectivity index (χ4v) is 2.39. The fourth-order valence-electron chi connectivity index (χ4n) is 2.39. The van der Waals surface area contributed by atoms with Crippen LogP contribution in [0.25, 0.3) is 0 Å². The number of nitrogens with zero attached hydrogens (tertiary/aromatic N) is 3. The van der Waals surface area contributed by atoms with E-state index >= 15 is 0 Å². The average molecular weight is 348 g/mol. The van der Waals surface area contributed by atoms with Gasteiger partial charge in [-0.15, -0.1) is 0 Å². The van der Waals surface area contributed by atoms with Crippen LogP contribution in [0.15, 0.2) is 73.2 Å². The van der Waals surface area contributed by atoms with Crippen molar-refractivity contribution in [2.24, 2.45) is 0 Å². The molecule has 3 rings (SSSR count). The molecular formula is C20H20N4O2. The first-order valence-corrected chi connectivity index (χ1v) is 8.31. The second-order valence-electron chi connectivity index (χ2n) is 5.72. The number of amides is 1. The Morgan fingerprint density at radius 1 is 1.08 bits per heavy atom. The minimum absolute atomic E-state index is 0.0547. The van der Waals surface area contributed by atoms with Crippen molar-refractivity contribution in [1.29, 1.82) is 0 Å². The second-order valence-corrected chi connectivity index (χ2v) is 5.72. The number of rotatable bonds is 7. The number of aromatic nitrogens is 2. The van der Waals surface area contributed by atoms with Crippen LogP contribution in [0, 0.1) is 0 Å². The number of pyridine rings is 2. The van der Waals surface area contributed by atoms with Crippen LogP contribution in [0.1, 0.15) is 6.42 Å². The Kier molecular flexibility index (Phi) is 5.77. The normalized spacial score (nSPS) is 10.2.